The zero-order valence-corrected chi connectivity index (χ0v) is 11.4. The van der Waals surface area contributed by atoms with Gasteiger partial charge in [-0.1, -0.05) is 54.1 Å². The molecule has 2 rings (SSSR count). The first-order valence-electron chi connectivity index (χ1n) is 6.18. The molecule has 1 unspecified atom stereocenters. The Hall–Kier alpha value is -1.64. The maximum Gasteiger partial charge on any atom is 0.196 e. The van der Waals surface area contributed by atoms with Crippen molar-refractivity contribution in [2.24, 2.45) is 0 Å². The topological polar surface area (TPSA) is 26.3 Å². The number of ketones is 1. The molecule has 19 heavy (non-hydrogen) atoms. The molecule has 0 fully saturated rings. The van der Waals surface area contributed by atoms with E-state index in [1.165, 1.54) is 0 Å². The van der Waals surface area contributed by atoms with Crippen LogP contribution in [0.15, 0.2) is 54.6 Å². The zero-order chi connectivity index (χ0) is 13.7. The molecule has 0 N–H and O–H groups in total. The summed E-state index contributed by atoms with van der Waals surface area (Å²) in [7, 11) is 0. The SMILES string of the molecule is CCOC(C(=O)c1cccc(Cl)c1)c1ccccc1. The molecule has 0 aromatic heterocycles. The maximum absolute atomic E-state index is 12.5. The van der Waals surface area contributed by atoms with Crippen LogP contribution in [0.1, 0.15) is 28.9 Å². The lowest BCUT2D eigenvalue weighted by Gasteiger charge is -2.16. The lowest BCUT2D eigenvalue weighted by atomic mass is 10.00. The van der Waals surface area contributed by atoms with Crippen LogP contribution in [0, 0.1) is 0 Å². The van der Waals surface area contributed by atoms with Crippen LogP contribution in [0.25, 0.3) is 0 Å². The summed E-state index contributed by atoms with van der Waals surface area (Å²) in [5, 5.41) is 0.550. The summed E-state index contributed by atoms with van der Waals surface area (Å²) in [6, 6.07) is 16.4. The Morgan fingerprint density at radius 3 is 2.53 bits per heavy atom. The van der Waals surface area contributed by atoms with Gasteiger partial charge in [0.15, 0.2) is 5.78 Å². The van der Waals surface area contributed by atoms with Gasteiger partial charge >= 0.3 is 0 Å². The van der Waals surface area contributed by atoms with Crippen LogP contribution < -0.4 is 0 Å². The van der Waals surface area contributed by atoms with Crippen molar-refractivity contribution in [2.75, 3.05) is 6.61 Å². The second-order valence-electron chi connectivity index (χ2n) is 4.12. The first-order valence-corrected chi connectivity index (χ1v) is 6.56. The lowest BCUT2D eigenvalue weighted by molar-refractivity contribution is 0.0452. The van der Waals surface area contributed by atoms with Gasteiger partial charge in [0, 0.05) is 17.2 Å². The fourth-order valence-electron chi connectivity index (χ4n) is 1.91. The van der Waals surface area contributed by atoms with Gasteiger partial charge in [0.05, 0.1) is 0 Å². The Kier molecular flexibility index (Phi) is 4.72. The first kappa shape index (κ1) is 13.8. The largest absolute Gasteiger partial charge is 0.366 e. The van der Waals surface area contributed by atoms with Gasteiger partial charge in [-0.3, -0.25) is 4.79 Å². The second kappa shape index (κ2) is 6.50. The monoisotopic (exact) mass is 274 g/mol. The van der Waals surface area contributed by atoms with Crippen LogP contribution in [-0.4, -0.2) is 12.4 Å². The Morgan fingerprint density at radius 2 is 1.89 bits per heavy atom. The van der Waals surface area contributed by atoms with E-state index in [1.807, 2.05) is 37.3 Å². The number of halogens is 1. The van der Waals surface area contributed by atoms with E-state index in [2.05, 4.69) is 0 Å². The summed E-state index contributed by atoms with van der Waals surface area (Å²) in [5.74, 6) is -0.0736. The van der Waals surface area contributed by atoms with Crippen LogP contribution in [0.4, 0.5) is 0 Å². The van der Waals surface area contributed by atoms with Crippen LogP contribution in [0.3, 0.4) is 0 Å². The molecule has 0 saturated carbocycles. The quantitative estimate of drug-likeness (QED) is 0.760. The number of ether oxygens (including phenoxy) is 1. The van der Waals surface area contributed by atoms with E-state index in [9.17, 15) is 4.79 Å². The third-order valence-corrected chi connectivity index (χ3v) is 3.02. The highest BCUT2D eigenvalue weighted by Gasteiger charge is 2.22. The van der Waals surface area contributed by atoms with Gasteiger partial charge < -0.3 is 4.74 Å². The number of Topliss-reactive ketones (excluding diaryl/α,β-unsaturated/α-hetero) is 1. The second-order valence-corrected chi connectivity index (χ2v) is 4.56. The highest BCUT2D eigenvalue weighted by molar-refractivity contribution is 6.31. The van der Waals surface area contributed by atoms with Gasteiger partial charge in [-0.15, -0.1) is 0 Å². The highest BCUT2D eigenvalue weighted by atomic mass is 35.5. The van der Waals surface area contributed by atoms with Crippen LogP contribution >= 0.6 is 11.6 Å². The summed E-state index contributed by atoms with van der Waals surface area (Å²) in [5.41, 5.74) is 1.42. The average Bonchev–Trinajstić information content (AvgIpc) is 2.45. The number of benzene rings is 2. The van der Waals surface area contributed by atoms with E-state index in [-0.39, 0.29) is 5.78 Å². The summed E-state index contributed by atoms with van der Waals surface area (Å²) in [6.07, 6.45) is -0.579. The molecule has 0 aliphatic carbocycles. The highest BCUT2D eigenvalue weighted by Crippen LogP contribution is 2.23. The molecular weight excluding hydrogens is 260 g/mol. The minimum absolute atomic E-state index is 0.0736. The standard InChI is InChI=1S/C16H15ClO2/c1-2-19-16(12-7-4-3-5-8-12)15(18)13-9-6-10-14(17)11-13/h3-11,16H,2H2,1H3. The van der Waals surface area contributed by atoms with Gasteiger partial charge in [-0.05, 0) is 24.6 Å². The van der Waals surface area contributed by atoms with E-state index in [0.29, 0.717) is 17.2 Å². The van der Waals surface area contributed by atoms with Crippen molar-refractivity contribution in [1.82, 2.24) is 0 Å². The minimum Gasteiger partial charge on any atom is -0.366 e. The third kappa shape index (κ3) is 3.43. The molecule has 2 aromatic rings. The van der Waals surface area contributed by atoms with Crippen molar-refractivity contribution < 1.29 is 9.53 Å². The predicted octanol–water partition coefficient (Wildman–Crippen LogP) is 4.30. The normalized spacial score (nSPS) is 12.1. The van der Waals surface area contributed by atoms with Crippen LogP contribution in [0.5, 0.6) is 0 Å². The van der Waals surface area contributed by atoms with E-state index in [0.717, 1.165) is 5.56 Å². The van der Waals surface area contributed by atoms with Crippen molar-refractivity contribution in [3.63, 3.8) is 0 Å². The Balaban J connectivity index is 2.32. The van der Waals surface area contributed by atoms with Gasteiger partial charge in [0.2, 0.25) is 0 Å². The molecule has 0 radical (unpaired) electrons. The molecule has 2 nitrogen and oxygen atoms in total. The zero-order valence-electron chi connectivity index (χ0n) is 10.7. The first-order chi connectivity index (χ1) is 9.22. The molecule has 0 aliphatic heterocycles. The maximum atomic E-state index is 12.5. The Bertz CT molecular complexity index is 552. The van der Waals surface area contributed by atoms with Crippen LogP contribution in [-0.2, 0) is 4.74 Å². The molecule has 0 heterocycles. The summed E-state index contributed by atoms with van der Waals surface area (Å²) >= 11 is 5.92. The van der Waals surface area contributed by atoms with E-state index < -0.39 is 6.10 Å². The van der Waals surface area contributed by atoms with Gasteiger partial charge in [-0.25, -0.2) is 0 Å². The molecule has 2 aromatic carbocycles. The van der Waals surface area contributed by atoms with Crippen molar-refractivity contribution in [3.05, 3.63) is 70.7 Å². The molecule has 0 aliphatic rings. The van der Waals surface area contributed by atoms with Crippen molar-refractivity contribution >= 4 is 17.4 Å². The van der Waals surface area contributed by atoms with Crippen molar-refractivity contribution in [1.29, 1.82) is 0 Å². The van der Waals surface area contributed by atoms with E-state index in [1.54, 1.807) is 24.3 Å². The summed E-state index contributed by atoms with van der Waals surface area (Å²) in [6.45, 7) is 2.35. The van der Waals surface area contributed by atoms with Gasteiger partial charge in [0.25, 0.3) is 0 Å². The predicted molar refractivity (Wildman–Crippen MR) is 76.6 cm³/mol. The number of hydrogen-bond acceptors (Lipinski definition) is 2. The molecule has 0 amide bonds. The molecule has 0 spiro atoms. The molecule has 0 saturated heterocycles. The van der Waals surface area contributed by atoms with Crippen molar-refractivity contribution in [2.45, 2.75) is 13.0 Å². The molecule has 98 valence electrons. The van der Waals surface area contributed by atoms with Gasteiger partial charge in [-0.2, -0.15) is 0 Å². The van der Waals surface area contributed by atoms with Gasteiger partial charge in [0.1, 0.15) is 6.10 Å². The average molecular weight is 275 g/mol. The number of carbonyl (C=O) groups excluding carboxylic acids is 1. The molecular formula is C16H15ClO2. The minimum atomic E-state index is -0.579. The summed E-state index contributed by atoms with van der Waals surface area (Å²) in [4.78, 5) is 12.5. The smallest absolute Gasteiger partial charge is 0.196 e. The van der Waals surface area contributed by atoms with E-state index in [4.69, 9.17) is 16.3 Å². The number of rotatable bonds is 5. The Labute approximate surface area is 118 Å². The third-order valence-electron chi connectivity index (χ3n) is 2.78. The van der Waals surface area contributed by atoms with E-state index >= 15 is 0 Å². The van der Waals surface area contributed by atoms with Crippen LogP contribution in [0.2, 0.25) is 5.02 Å². The lowest BCUT2D eigenvalue weighted by Crippen LogP contribution is -2.16. The Morgan fingerprint density at radius 1 is 1.16 bits per heavy atom. The summed E-state index contributed by atoms with van der Waals surface area (Å²) < 4.78 is 5.59. The number of hydrogen-bond donors (Lipinski definition) is 0. The fourth-order valence-corrected chi connectivity index (χ4v) is 2.10. The molecule has 3 heteroatoms. The number of carbonyl (C=O) groups is 1. The molecule has 0 bridgehead atoms. The molecule has 1 atom stereocenters. The van der Waals surface area contributed by atoms with Crippen molar-refractivity contribution in [3.8, 4) is 0 Å². The fraction of sp³-hybridized carbons (Fsp3) is 0.188.